The van der Waals surface area contributed by atoms with E-state index in [1.54, 1.807) is 12.1 Å². The van der Waals surface area contributed by atoms with Crippen molar-refractivity contribution in [1.82, 2.24) is 10.3 Å². The number of hydrogen-bond donors (Lipinski definition) is 4. The number of hydrogen-bond acceptors (Lipinski definition) is 5. The van der Waals surface area contributed by atoms with E-state index in [1.165, 1.54) is 17.0 Å². The van der Waals surface area contributed by atoms with Crippen LogP contribution in [0.1, 0.15) is 22.9 Å². The maximum absolute atomic E-state index is 11.4. The Morgan fingerprint density at radius 1 is 1.20 bits per heavy atom. The summed E-state index contributed by atoms with van der Waals surface area (Å²) in [6.07, 6.45) is 0.229. The molecule has 0 aliphatic rings. The first-order valence-electron chi connectivity index (χ1n) is 9.52. The second kappa shape index (κ2) is 9.26. The molecular formula is C21H26ClN3O4S. The van der Waals surface area contributed by atoms with Crippen LogP contribution < -0.4 is 14.8 Å². The molecule has 1 heterocycles. The standard InChI is InChI=1S/C21H26ClN3O4S/c1-13-14(2)24-19-11-16(5-6-17(13)19)29-9-8-23-12-21(26)15-4-7-18(22)20(10-15)25-30(3,27)28/h4-7,10-11,21,23-26H,8-9,12H2,1-3H3/t21-/m0/s1. The van der Waals surface area contributed by atoms with Gasteiger partial charge in [0.1, 0.15) is 12.4 Å². The monoisotopic (exact) mass is 451 g/mol. The molecule has 0 saturated carbocycles. The largest absolute Gasteiger partial charge is 0.492 e. The summed E-state index contributed by atoms with van der Waals surface area (Å²) in [6.45, 7) is 5.41. The van der Waals surface area contributed by atoms with Gasteiger partial charge in [0.2, 0.25) is 10.0 Å². The van der Waals surface area contributed by atoms with Crippen LogP contribution in [0.25, 0.3) is 10.9 Å². The molecular weight excluding hydrogens is 426 g/mol. The van der Waals surface area contributed by atoms with Crippen molar-refractivity contribution in [2.24, 2.45) is 0 Å². The zero-order chi connectivity index (χ0) is 21.9. The van der Waals surface area contributed by atoms with Crippen molar-refractivity contribution in [2.75, 3.05) is 30.7 Å². The highest BCUT2D eigenvalue weighted by Crippen LogP contribution is 2.27. The number of fused-ring (bicyclic) bond motifs is 1. The van der Waals surface area contributed by atoms with Gasteiger partial charge < -0.3 is 20.1 Å². The van der Waals surface area contributed by atoms with E-state index in [1.807, 2.05) is 25.1 Å². The number of aliphatic hydroxyl groups excluding tert-OH is 1. The summed E-state index contributed by atoms with van der Waals surface area (Å²) in [5, 5.41) is 15.0. The fraction of sp³-hybridized carbons (Fsp3) is 0.333. The summed E-state index contributed by atoms with van der Waals surface area (Å²) in [7, 11) is -3.46. The molecule has 0 fully saturated rings. The number of aliphatic hydroxyl groups is 1. The molecule has 7 nitrogen and oxygen atoms in total. The Morgan fingerprint density at radius 2 is 1.97 bits per heavy atom. The summed E-state index contributed by atoms with van der Waals surface area (Å²) >= 11 is 6.01. The quantitative estimate of drug-likeness (QED) is 0.373. The lowest BCUT2D eigenvalue weighted by Crippen LogP contribution is -2.26. The normalized spacial score (nSPS) is 12.8. The molecule has 9 heteroatoms. The summed E-state index contributed by atoms with van der Waals surface area (Å²) < 4.78 is 31.0. The van der Waals surface area contributed by atoms with Gasteiger partial charge in [-0.3, -0.25) is 4.72 Å². The molecule has 0 bridgehead atoms. The number of aromatic amines is 1. The van der Waals surface area contributed by atoms with E-state index in [9.17, 15) is 13.5 Å². The summed E-state index contributed by atoms with van der Waals surface area (Å²) in [5.41, 5.74) is 4.23. The SMILES string of the molecule is Cc1[nH]c2cc(OCCNC[C@H](O)c3ccc(Cl)c(NS(C)(=O)=O)c3)ccc2c1C. The van der Waals surface area contributed by atoms with Gasteiger partial charge in [-0.25, -0.2) is 8.42 Å². The predicted molar refractivity (Wildman–Crippen MR) is 121 cm³/mol. The molecule has 1 aromatic heterocycles. The van der Waals surface area contributed by atoms with Crippen molar-refractivity contribution in [3.8, 4) is 5.75 Å². The number of aromatic nitrogens is 1. The Morgan fingerprint density at radius 3 is 2.70 bits per heavy atom. The third-order valence-electron chi connectivity index (χ3n) is 4.84. The average Bonchev–Trinajstić information content (AvgIpc) is 2.95. The van der Waals surface area contributed by atoms with Gasteiger partial charge in [0, 0.05) is 35.8 Å². The van der Waals surface area contributed by atoms with Crippen molar-refractivity contribution >= 4 is 38.2 Å². The van der Waals surface area contributed by atoms with Crippen LogP contribution in [0.3, 0.4) is 0 Å². The van der Waals surface area contributed by atoms with Crippen molar-refractivity contribution in [3.63, 3.8) is 0 Å². The van der Waals surface area contributed by atoms with E-state index >= 15 is 0 Å². The zero-order valence-corrected chi connectivity index (χ0v) is 18.7. The number of ether oxygens (including phenoxy) is 1. The summed E-state index contributed by atoms with van der Waals surface area (Å²) in [4.78, 5) is 3.34. The molecule has 1 atom stereocenters. The molecule has 0 saturated heterocycles. The highest BCUT2D eigenvalue weighted by molar-refractivity contribution is 7.92. The van der Waals surface area contributed by atoms with Crippen LogP contribution >= 0.6 is 11.6 Å². The van der Waals surface area contributed by atoms with Gasteiger partial charge in [-0.05, 0) is 49.2 Å². The van der Waals surface area contributed by atoms with Gasteiger partial charge in [0.15, 0.2) is 0 Å². The minimum absolute atomic E-state index is 0.240. The minimum atomic E-state index is -3.46. The third-order valence-corrected chi connectivity index (χ3v) is 5.76. The molecule has 2 aromatic carbocycles. The van der Waals surface area contributed by atoms with Crippen LogP contribution in [0.15, 0.2) is 36.4 Å². The summed E-state index contributed by atoms with van der Waals surface area (Å²) in [6, 6.07) is 10.7. The topological polar surface area (TPSA) is 103 Å². The van der Waals surface area contributed by atoms with Crippen LogP contribution in [0.5, 0.6) is 5.75 Å². The van der Waals surface area contributed by atoms with Gasteiger partial charge >= 0.3 is 0 Å². The van der Waals surface area contributed by atoms with Crippen LogP contribution in [0.4, 0.5) is 5.69 Å². The van der Waals surface area contributed by atoms with E-state index < -0.39 is 16.1 Å². The number of sulfonamides is 1. The smallest absolute Gasteiger partial charge is 0.229 e. The second-order valence-corrected chi connectivity index (χ2v) is 9.42. The maximum Gasteiger partial charge on any atom is 0.229 e. The molecule has 0 radical (unpaired) electrons. The van der Waals surface area contributed by atoms with Gasteiger partial charge in [-0.2, -0.15) is 0 Å². The number of anilines is 1. The Kier molecular flexibility index (Phi) is 6.92. The van der Waals surface area contributed by atoms with E-state index in [0.717, 1.165) is 23.2 Å². The van der Waals surface area contributed by atoms with Crippen molar-refractivity contribution in [3.05, 3.63) is 58.2 Å². The fourth-order valence-corrected chi connectivity index (χ4v) is 3.96. The van der Waals surface area contributed by atoms with Crippen molar-refractivity contribution in [2.45, 2.75) is 20.0 Å². The van der Waals surface area contributed by atoms with Crippen LogP contribution in [-0.2, 0) is 10.0 Å². The number of aryl methyl sites for hydroxylation is 2. The van der Waals surface area contributed by atoms with Crippen LogP contribution in [-0.4, -0.2) is 44.5 Å². The number of halogens is 1. The van der Waals surface area contributed by atoms with Gasteiger partial charge in [-0.15, -0.1) is 0 Å². The first kappa shape index (κ1) is 22.4. The number of benzene rings is 2. The molecule has 3 aromatic rings. The van der Waals surface area contributed by atoms with Gasteiger partial charge in [-0.1, -0.05) is 17.7 Å². The molecule has 0 unspecified atom stereocenters. The molecule has 162 valence electrons. The average molecular weight is 452 g/mol. The number of nitrogens with one attached hydrogen (secondary N) is 3. The van der Waals surface area contributed by atoms with Crippen LogP contribution in [0.2, 0.25) is 5.02 Å². The van der Waals surface area contributed by atoms with Gasteiger partial charge in [0.05, 0.1) is 23.1 Å². The second-order valence-electron chi connectivity index (χ2n) is 7.26. The summed E-state index contributed by atoms with van der Waals surface area (Å²) in [5.74, 6) is 0.778. The first-order chi connectivity index (χ1) is 14.1. The fourth-order valence-electron chi connectivity index (χ4n) is 3.17. The minimum Gasteiger partial charge on any atom is -0.492 e. The molecule has 30 heavy (non-hydrogen) atoms. The van der Waals surface area contributed by atoms with E-state index in [0.29, 0.717) is 18.7 Å². The highest BCUT2D eigenvalue weighted by Gasteiger charge is 2.12. The van der Waals surface area contributed by atoms with Crippen molar-refractivity contribution < 1.29 is 18.3 Å². The van der Waals surface area contributed by atoms with Crippen molar-refractivity contribution in [1.29, 1.82) is 0 Å². The lowest BCUT2D eigenvalue weighted by Gasteiger charge is -2.15. The Bertz CT molecular complexity index is 1140. The maximum atomic E-state index is 11.4. The molecule has 0 amide bonds. The lowest BCUT2D eigenvalue weighted by molar-refractivity contribution is 0.172. The Labute approximate surface area is 181 Å². The van der Waals surface area contributed by atoms with Gasteiger partial charge in [0.25, 0.3) is 0 Å². The molecule has 0 spiro atoms. The van der Waals surface area contributed by atoms with E-state index in [-0.39, 0.29) is 17.3 Å². The Balaban J connectivity index is 1.49. The Hall–Kier alpha value is -2.26. The third kappa shape index (κ3) is 5.66. The van der Waals surface area contributed by atoms with E-state index in [4.69, 9.17) is 16.3 Å². The molecule has 0 aliphatic carbocycles. The van der Waals surface area contributed by atoms with Crippen LogP contribution in [0, 0.1) is 13.8 Å². The molecule has 0 aliphatic heterocycles. The zero-order valence-electron chi connectivity index (χ0n) is 17.1. The number of rotatable bonds is 9. The number of H-pyrrole nitrogens is 1. The highest BCUT2D eigenvalue weighted by atomic mass is 35.5. The lowest BCUT2D eigenvalue weighted by atomic mass is 10.1. The molecule has 4 N–H and O–H groups in total. The first-order valence-corrected chi connectivity index (χ1v) is 11.8. The van der Waals surface area contributed by atoms with E-state index in [2.05, 4.69) is 21.9 Å². The molecule has 3 rings (SSSR count). The predicted octanol–water partition coefficient (Wildman–Crippen LogP) is 3.51.